The molecule has 0 aromatic rings. The number of amides is 2. The van der Waals surface area contributed by atoms with Gasteiger partial charge < -0.3 is 5.11 Å². The first-order chi connectivity index (χ1) is 9.02. The molecule has 0 aliphatic carbocycles. The van der Waals surface area contributed by atoms with Gasteiger partial charge in [0.25, 0.3) is 0 Å². The molecule has 19 heavy (non-hydrogen) atoms. The summed E-state index contributed by atoms with van der Waals surface area (Å²) in [5, 5.41) is 14.0. The number of aliphatic hydroxyl groups excluding tert-OH is 1. The molecular formula is C13H23N3O3. The second-order valence-electron chi connectivity index (χ2n) is 4.88. The molecule has 6 nitrogen and oxygen atoms in total. The van der Waals surface area contributed by atoms with Gasteiger partial charge in [-0.15, -0.1) is 0 Å². The van der Waals surface area contributed by atoms with Gasteiger partial charge in [-0.3, -0.25) is 25.2 Å². The van der Waals surface area contributed by atoms with Gasteiger partial charge in [-0.05, 0) is 18.8 Å². The molecule has 1 rings (SSSR count). The quantitative estimate of drug-likeness (QED) is 0.610. The average molecular weight is 269 g/mol. The van der Waals surface area contributed by atoms with Crippen LogP contribution in [0.3, 0.4) is 0 Å². The summed E-state index contributed by atoms with van der Waals surface area (Å²) in [6.07, 6.45) is 2.20. The number of rotatable bonds is 6. The fourth-order valence-electron chi connectivity index (χ4n) is 2.61. The van der Waals surface area contributed by atoms with Crippen molar-refractivity contribution in [2.24, 2.45) is 16.3 Å². The van der Waals surface area contributed by atoms with Gasteiger partial charge in [0.2, 0.25) is 17.8 Å². The van der Waals surface area contributed by atoms with Gasteiger partial charge in [0.15, 0.2) is 0 Å². The number of carbonyl (C=O) groups is 2. The molecule has 1 aliphatic heterocycles. The van der Waals surface area contributed by atoms with E-state index in [0.29, 0.717) is 6.42 Å². The van der Waals surface area contributed by atoms with Crippen molar-refractivity contribution in [3.63, 3.8) is 0 Å². The van der Waals surface area contributed by atoms with Crippen LogP contribution in [0.1, 0.15) is 40.0 Å². The van der Waals surface area contributed by atoms with Crippen LogP contribution in [0.25, 0.3) is 0 Å². The molecule has 0 spiro atoms. The van der Waals surface area contributed by atoms with Crippen molar-refractivity contribution in [1.82, 2.24) is 10.6 Å². The first-order valence-corrected chi connectivity index (χ1v) is 6.81. The molecule has 2 amide bonds. The average Bonchev–Trinajstić information content (AvgIpc) is 2.37. The van der Waals surface area contributed by atoms with Gasteiger partial charge in [0.05, 0.1) is 13.2 Å². The van der Waals surface area contributed by atoms with E-state index in [-0.39, 0.29) is 36.8 Å². The predicted molar refractivity (Wildman–Crippen MR) is 72.5 cm³/mol. The number of aliphatic hydroxyl groups is 1. The van der Waals surface area contributed by atoms with Gasteiger partial charge in [0.1, 0.15) is 5.41 Å². The van der Waals surface area contributed by atoms with Crippen LogP contribution in [0, 0.1) is 11.3 Å². The van der Waals surface area contributed by atoms with Gasteiger partial charge in [-0.1, -0.05) is 27.2 Å². The lowest BCUT2D eigenvalue weighted by atomic mass is 9.70. The molecule has 6 heteroatoms. The summed E-state index contributed by atoms with van der Waals surface area (Å²) in [5.41, 5.74) is -1.02. The van der Waals surface area contributed by atoms with Crippen LogP contribution in [0.4, 0.5) is 0 Å². The molecule has 0 aromatic heterocycles. The van der Waals surface area contributed by atoms with Gasteiger partial charge in [-0.2, -0.15) is 0 Å². The molecule has 1 atom stereocenters. The first-order valence-electron chi connectivity index (χ1n) is 6.81. The maximum absolute atomic E-state index is 12.3. The number of guanidine groups is 1. The fraction of sp³-hybridized carbons (Fsp3) is 0.769. The minimum atomic E-state index is -1.02. The Morgan fingerprint density at radius 3 is 2.26 bits per heavy atom. The number of aliphatic imine (C=N–C) groups is 1. The lowest BCUT2D eigenvalue weighted by Crippen LogP contribution is -2.65. The summed E-state index contributed by atoms with van der Waals surface area (Å²) in [5.74, 6) is -0.480. The maximum atomic E-state index is 12.3. The van der Waals surface area contributed by atoms with E-state index in [1.54, 1.807) is 0 Å². The smallest absolute Gasteiger partial charge is 0.242 e. The van der Waals surface area contributed by atoms with E-state index in [1.165, 1.54) is 0 Å². The summed E-state index contributed by atoms with van der Waals surface area (Å²) >= 11 is 0. The highest BCUT2D eigenvalue weighted by atomic mass is 16.3. The maximum Gasteiger partial charge on any atom is 0.242 e. The van der Waals surface area contributed by atoms with E-state index in [9.17, 15) is 9.59 Å². The third-order valence-electron chi connectivity index (χ3n) is 3.76. The fourth-order valence-corrected chi connectivity index (χ4v) is 2.61. The molecular weight excluding hydrogens is 246 g/mol. The minimum Gasteiger partial charge on any atom is -0.394 e. The highest BCUT2D eigenvalue weighted by molar-refractivity contribution is 6.20. The first kappa shape index (κ1) is 15.6. The lowest BCUT2D eigenvalue weighted by Gasteiger charge is -2.39. The van der Waals surface area contributed by atoms with Crippen LogP contribution in [0.15, 0.2) is 4.99 Å². The molecule has 0 radical (unpaired) electrons. The Balaban J connectivity index is 2.97. The molecule has 0 bridgehead atoms. The van der Waals surface area contributed by atoms with Crippen molar-refractivity contribution in [1.29, 1.82) is 0 Å². The molecule has 0 aromatic carbocycles. The summed E-state index contributed by atoms with van der Waals surface area (Å²) in [6.45, 7) is 5.84. The van der Waals surface area contributed by atoms with Crippen LogP contribution < -0.4 is 10.6 Å². The third kappa shape index (κ3) is 2.94. The van der Waals surface area contributed by atoms with Crippen molar-refractivity contribution in [2.75, 3.05) is 13.2 Å². The Morgan fingerprint density at radius 1 is 1.26 bits per heavy atom. The number of carbonyl (C=O) groups excluding carboxylic acids is 2. The van der Waals surface area contributed by atoms with E-state index in [2.05, 4.69) is 15.6 Å². The molecule has 1 aliphatic rings. The van der Waals surface area contributed by atoms with Crippen LogP contribution in [0.2, 0.25) is 0 Å². The van der Waals surface area contributed by atoms with Crippen molar-refractivity contribution in [3.8, 4) is 0 Å². The zero-order valence-electron chi connectivity index (χ0n) is 11.8. The summed E-state index contributed by atoms with van der Waals surface area (Å²) < 4.78 is 0. The van der Waals surface area contributed by atoms with E-state index in [0.717, 1.165) is 12.8 Å². The van der Waals surface area contributed by atoms with Crippen LogP contribution in [0.5, 0.6) is 0 Å². The van der Waals surface area contributed by atoms with Crippen LogP contribution in [-0.4, -0.2) is 36.0 Å². The largest absolute Gasteiger partial charge is 0.394 e. The molecule has 1 saturated heterocycles. The molecule has 1 unspecified atom stereocenters. The summed E-state index contributed by atoms with van der Waals surface area (Å²) in [4.78, 5) is 28.6. The number of nitrogens with zero attached hydrogens (tertiary/aromatic N) is 1. The number of hydrogen-bond donors (Lipinski definition) is 3. The van der Waals surface area contributed by atoms with Gasteiger partial charge in [-0.25, -0.2) is 0 Å². The minimum absolute atomic E-state index is 0.0260. The van der Waals surface area contributed by atoms with Crippen molar-refractivity contribution >= 4 is 17.8 Å². The molecule has 0 saturated carbocycles. The third-order valence-corrected chi connectivity index (χ3v) is 3.76. The van der Waals surface area contributed by atoms with E-state index >= 15 is 0 Å². The lowest BCUT2D eigenvalue weighted by molar-refractivity contribution is -0.148. The monoisotopic (exact) mass is 269 g/mol. The zero-order valence-corrected chi connectivity index (χ0v) is 11.8. The van der Waals surface area contributed by atoms with Crippen molar-refractivity contribution in [3.05, 3.63) is 0 Å². The van der Waals surface area contributed by atoms with Crippen LogP contribution in [-0.2, 0) is 9.59 Å². The zero-order chi connectivity index (χ0) is 14.5. The Bertz CT molecular complexity index is 359. The highest BCUT2D eigenvalue weighted by Crippen LogP contribution is 2.36. The Labute approximate surface area is 113 Å². The standard InChI is InChI=1S/C13H23N3O3/c1-4-6-9(3)13(5-2)10(18)15-12(14-7-8-17)16-11(13)19/h9,17H,4-8H2,1-3H3,(H2,14,15,16,18,19). The summed E-state index contributed by atoms with van der Waals surface area (Å²) in [6, 6.07) is 0. The number of hydrogen-bond acceptors (Lipinski definition) is 4. The highest BCUT2D eigenvalue weighted by Gasteiger charge is 2.51. The number of nitrogens with one attached hydrogen (secondary N) is 2. The summed E-state index contributed by atoms with van der Waals surface area (Å²) in [7, 11) is 0. The normalized spacial score (nSPS) is 24.7. The Morgan fingerprint density at radius 2 is 1.84 bits per heavy atom. The molecule has 3 N–H and O–H groups in total. The van der Waals surface area contributed by atoms with Crippen LogP contribution >= 0.6 is 0 Å². The SMILES string of the molecule is CCCC(C)C1(CC)C(=O)NC(=NCCO)NC1=O. The Kier molecular flexibility index (Phi) is 5.47. The topological polar surface area (TPSA) is 90.8 Å². The molecule has 1 heterocycles. The van der Waals surface area contributed by atoms with Gasteiger partial charge >= 0.3 is 0 Å². The molecule has 1 fully saturated rings. The van der Waals surface area contributed by atoms with Crippen molar-refractivity contribution < 1.29 is 14.7 Å². The van der Waals surface area contributed by atoms with E-state index in [4.69, 9.17) is 5.11 Å². The second kappa shape index (κ2) is 6.65. The Hall–Kier alpha value is -1.43. The molecule has 108 valence electrons. The van der Waals surface area contributed by atoms with Gasteiger partial charge in [0, 0.05) is 0 Å². The van der Waals surface area contributed by atoms with E-state index < -0.39 is 5.41 Å². The van der Waals surface area contributed by atoms with E-state index in [1.807, 2.05) is 20.8 Å². The predicted octanol–water partition coefficient (Wildman–Crippen LogP) is 0.413. The second-order valence-corrected chi connectivity index (χ2v) is 4.88. The van der Waals surface area contributed by atoms with Crippen molar-refractivity contribution in [2.45, 2.75) is 40.0 Å².